The zero-order valence-electron chi connectivity index (χ0n) is 12.2. The van der Waals surface area contributed by atoms with E-state index in [2.05, 4.69) is 41.9 Å². The van der Waals surface area contributed by atoms with Crippen LogP contribution in [-0.4, -0.2) is 34.2 Å². The van der Waals surface area contributed by atoms with E-state index in [-0.39, 0.29) is 11.6 Å². The minimum absolute atomic E-state index is 0.271. The van der Waals surface area contributed by atoms with E-state index in [4.69, 9.17) is 0 Å². The molecule has 3 heterocycles. The molecule has 7 nitrogen and oxygen atoms in total. The molecule has 0 spiro atoms. The second-order valence-corrected chi connectivity index (χ2v) is 5.19. The van der Waals surface area contributed by atoms with E-state index in [9.17, 15) is 9.59 Å². The van der Waals surface area contributed by atoms with Crippen LogP contribution in [0.4, 0.5) is 5.69 Å². The van der Waals surface area contributed by atoms with Gasteiger partial charge in [0.15, 0.2) is 6.29 Å². The normalized spacial score (nSPS) is 9.87. The highest BCUT2D eigenvalue weighted by atomic mass is 79.9. The zero-order chi connectivity index (χ0) is 16.8. The number of aromatic nitrogens is 3. The lowest BCUT2D eigenvalue weighted by Crippen LogP contribution is -2.12. The van der Waals surface area contributed by atoms with Crippen LogP contribution in [0.5, 0.6) is 0 Å². The Hall–Kier alpha value is -2.58. The molecule has 118 valence electrons. The summed E-state index contributed by atoms with van der Waals surface area (Å²) in [5, 5.41) is 3.38. The number of nitrogens with two attached hydrogens (primary N) is 1. The Morgan fingerprint density at radius 3 is 2.83 bits per heavy atom. The lowest BCUT2D eigenvalue weighted by molar-refractivity contribution is 0.102. The number of pyridine rings is 2. The van der Waals surface area contributed by atoms with Gasteiger partial charge in [-0.3, -0.25) is 14.6 Å². The number of carbonyl (C=O) groups is 2. The molecule has 1 amide bonds. The third kappa shape index (κ3) is 3.61. The molecule has 0 aromatic carbocycles. The smallest absolute Gasteiger partial charge is 0.257 e. The molecule has 0 saturated heterocycles. The van der Waals surface area contributed by atoms with Gasteiger partial charge in [-0.1, -0.05) is 0 Å². The van der Waals surface area contributed by atoms with Crippen LogP contribution in [0.1, 0.15) is 20.8 Å². The van der Waals surface area contributed by atoms with Crippen molar-refractivity contribution in [2.75, 3.05) is 12.4 Å². The van der Waals surface area contributed by atoms with Gasteiger partial charge in [0, 0.05) is 28.4 Å². The number of amides is 1. The summed E-state index contributed by atoms with van der Waals surface area (Å²) < 4.78 is 0.753. The Bertz CT molecular complexity index is 833. The highest BCUT2D eigenvalue weighted by molar-refractivity contribution is 9.10. The van der Waals surface area contributed by atoms with E-state index in [1.165, 1.54) is 13.2 Å². The molecule has 0 fully saturated rings. The van der Waals surface area contributed by atoms with Crippen LogP contribution in [0.2, 0.25) is 0 Å². The maximum atomic E-state index is 12.2. The predicted molar refractivity (Wildman–Crippen MR) is 91.5 cm³/mol. The summed E-state index contributed by atoms with van der Waals surface area (Å²) in [5.41, 5.74) is 6.11. The van der Waals surface area contributed by atoms with Crippen LogP contribution < -0.4 is 11.1 Å². The third-order valence-corrected chi connectivity index (χ3v) is 3.36. The van der Waals surface area contributed by atoms with Gasteiger partial charge in [-0.05, 0) is 41.2 Å². The van der Waals surface area contributed by atoms with Crippen molar-refractivity contribution in [2.45, 2.75) is 0 Å². The molecular formula is C15H14BrN5O2. The standard InChI is InChI=1S/C14H9BrN4O2.CH5N/c15-9-4-10-12(11(7-20)18-13(10)17-6-9)19-14(21)8-2-1-3-16-5-8;1-2/h1-7H,(H,17,18)(H,19,21);2H2,1H3. The van der Waals surface area contributed by atoms with E-state index >= 15 is 0 Å². The molecule has 0 atom stereocenters. The number of carbonyl (C=O) groups excluding carboxylic acids is 2. The van der Waals surface area contributed by atoms with Crippen molar-refractivity contribution in [1.82, 2.24) is 15.0 Å². The van der Waals surface area contributed by atoms with Crippen molar-refractivity contribution in [3.8, 4) is 0 Å². The summed E-state index contributed by atoms with van der Waals surface area (Å²) in [7, 11) is 1.50. The monoisotopic (exact) mass is 375 g/mol. The quantitative estimate of drug-likeness (QED) is 0.608. The van der Waals surface area contributed by atoms with Crippen molar-refractivity contribution >= 4 is 44.8 Å². The van der Waals surface area contributed by atoms with Crippen molar-refractivity contribution < 1.29 is 9.59 Å². The SMILES string of the molecule is CN.O=Cc1[nH]c2ncc(Br)cc2c1NC(=O)c1cccnc1. The van der Waals surface area contributed by atoms with Crippen LogP contribution >= 0.6 is 15.9 Å². The predicted octanol–water partition coefficient (Wildman–Crippen LogP) is 2.36. The molecule has 3 aromatic rings. The van der Waals surface area contributed by atoms with Gasteiger partial charge in [0.25, 0.3) is 5.91 Å². The fourth-order valence-corrected chi connectivity index (χ4v) is 2.30. The molecule has 4 N–H and O–H groups in total. The van der Waals surface area contributed by atoms with Crippen LogP contribution in [0.25, 0.3) is 11.0 Å². The van der Waals surface area contributed by atoms with Crippen molar-refractivity contribution in [3.63, 3.8) is 0 Å². The van der Waals surface area contributed by atoms with Crippen LogP contribution in [-0.2, 0) is 0 Å². The second kappa shape index (κ2) is 7.61. The first-order chi connectivity index (χ1) is 11.2. The summed E-state index contributed by atoms with van der Waals surface area (Å²) in [4.78, 5) is 34.3. The fraction of sp³-hybridized carbons (Fsp3) is 0.0667. The summed E-state index contributed by atoms with van der Waals surface area (Å²) in [5.74, 6) is -0.341. The number of nitrogens with zero attached hydrogens (tertiary/aromatic N) is 2. The second-order valence-electron chi connectivity index (χ2n) is 4.28. The Kier molecular flexibility index (Phi) is 5.56. The Balaban J connectivity index is 0.000000924. The Morgan fingerprint density at radius 2 is 2.17 bits per heavy atom. The van der Waals surface area contributed by atoms with Crippen molar-refractivity contribution in [3.05, 3.63) is 52.5 Å². The molecule has 0 saturated carbocycles. The van der Waals surface area contributed by atoms with E-state index in [0.29, 0.717) is 28.6 Å². The van der Waals surface area contributed by atoms with Crippen molar-refractivity contribution in [2.24, 2.45) is 5.73 Å². The Labute approximate surface area is 140 Å². The summed E-state index contributed by atoms with van der Waals surface area (Å²) in [6.07, 6.45) is 5.30. The van der Waals surface area contributed by atoms with Gasteiger partial charge < -0.3 is 16.0 Å². The highest BCUT2D eigenvalue weighted by Crippen LogP contribution is 2.28. The third-order valence-electron chi connectivity index (χ3n) is 2.93. The number of hydrogen-bond acceptors (Lipinski definition) is 5. The largest absolute Gasteiger partial charge is 0.335 e. The fourth-order valence-electron chi connectivity index (χ4n) is 1.97. The van der Waals surface area contributed by atoms with E-state index in [1.54, 1.807) is 30.6 Å². The van der Waals surface area contributed by atoms with Gasteiger partial charge >= 0.3 is 0 Å². The maximum Gasteiger partial charge on any atom is 0.257 e. The molecule has 23 heavy (non-hydrogen) atoms. The number of fused-ring (bicyclic) bond motifs is 1. The average molecular weight is 376 g/mol. The summed E-state index contributed by atoms with van der Waals surface area (Å²) in [6, 6.07) is 5.10. The van der Waals surface area contributed by atoms with Crippen LogP contribution in [0.3, 0.4) is 0 Å². The lowest BCUT2D eigenvalue weighted by atomic mass is 10.2. The van der Waals surface area contributed by atoms with E-state index < -0.39 is 0 Å². The van der Waals surface area contributed by atoms with Gasteiger partial charge in [0.1, 0.15) is 11.3 Å². The number of aromatic amines is 1. The molecule has 0 aliphatic rings. The van der Waals surface area contributed by atoms with Gasteiger partial charge in [0.05, 0.1) is 11.3 Å². The maximum absolute atomic E-state index is 12.2. The number of nitrogens with one attached hydrogen (secondary N) is 2. The molecular weight excluding hydrogens is 362 g/mol. The minimum atomic E-state index is -0.341. The van der Waals surface area contributed by atoms with Gasteiger partial charge in [-0.2, -0.15) is 0 Å². The van der Waals surface area contributed by atoms with Gasteiger partial charge in [-0.15, -0.1) is 0 Å². The van der Waals surface area contributed by atoms with E-state index in [0.717, 1.165) is 4.47 Å². The number of halogens is 1. The number of anilines is 1. The average Bonchev–Trinajstić information content (AvgIpc) is 2.94. The molecule has 8 heteroatoms. The first-order valence-corrected chi connectivity index (χ1v) is 7.40. The zero-order valence-corrected chi connectivity index (χ0v) is 13.8. The van der Waals surface area contributed by atoms with Gasteiger partial charge in [0.2, 0.25) is 0 Å². The topological polar surface area (TPSA) is 114 Å². The molecule has 0 bridgehead atoms. The first-order valence-electron chi connectivity index (χ1n) is 6.60. The number of H-pyrrole nitrogens is 1. The molecule has 3 aromatic heterocycles. The number of aldehydes is 1. The summed E-state index contributed by atoms with van der Waals surface area (Å²) in [6.45, 7) is 0. The number of rotatable bonds is 3. The van der Waals surface area contributed by atoms with Gasteiger partial charge in [-0.25, -0.2) is 4.98 Å². The number of hydrogen-bond donors (Lipinski definition) is 3. The summed E-state index contributed by atoms with van der Waals surface area (Å²) >= 11 is 3.32. The highest BCUT2D eigenvalue weighted by Gasteiger charge is 2.15. The first kappa shape index (κ1) is 16.8. The minimum Gasteiger partial charge on any atom is -0.335 e. The van der Waals surface area contributed by atoms with Crippen LogP contribution in [0.15, 0.2) is 41.3 Å². The Morgan fingerprint density at radius 1 is 1.39 bits per heavy atom. The molecule has 0 radical (unpaired) electrons. The molecule has 3 rings (SSSR count). The lowest BCUT2D eigenvalue weighted by Gasteiger charge is -2.04. The van der Waals surface area contributed by atoms with Crippen LogP contribution in [0, 0.1) is 0 Å². The van der Waals surface area contributed by atoms with E-state index in [1.807, 2.05) is 0 Å². The molecule has 0 aliphatic carbocycles. The molecule has 0 unspecified atom stereocenters. The van der Waals surface area contributed by atoms with Crippen molar-refractivity contribution in [1.29, 1.82) is 0 Å². The molecule has 0 aliphatic heterocycles.